The molecular formula is C13H27NO5. The summed E-state index contributed by atoms with van der Waals surface area (Å²) in [5.74, 6) is -0.239. The predicted molar refractivity (Wildman–Crippen MR) is 71.9 cm³/mol. The van der Waals surface area contributed by atoms with Gasteiger partial charge in [-0.05, 0) is 5.92 Å². The number of carbonyl (C=O) groups excluding carboxylic acids is 1. The molecule has 2 atom stereocenters. The van der Waals surface area contributed by atoms with E-state index < -0.39 is 6.04 Å². The summed E-state index contributed by atoms with van der Waals surface area (Å²) in [6.07, 6.45) is 0.853. The molecule has 0 saturated heterocycles. The lowest BCUT2D eigenvalue weighted by Crippen LogP contribution is -2.38. The summed E-state index contributed by atoms with van der Waals surface area (Å²) in [6.45, 7) is 6.60. The van der Waals surface area contributed by atoms with Crippen LogP contribution in [0.3, 0.4) is 0 Å². The molecule has 6 heteroatoms. The van der Waals surface area contributed by atoms with E-state index in [9.17, 15) is 4.79 Å². The first kappa shape index (κ1) is 18.3. The Morgan fingerprint density at radius 3 is 2.11 bits per heavy atom. The van der Waals surface area contributed by atoms with Crippen molar-refractivity contribution in [1.82, 2.24) is 0 Å². The summed E-state index contributed by atoms with van der Waals surface area (Å²) < 4.78 is 20.3. The van der Waals surface area contributed by atoms with Gasteiger partial charge in [0.2, 0.25) is 0 Å². The molecule has 1 unspecified atom stereocenters. The number of hydrogen-bond acceptors (Lipinski definition) is 6. The van der Waals surface area contributed by atoms with Gasteiger partial charge < -0.3 is 24.7 Å². The van der Waals surface area contributed by atoms with Crippen molar-refractivity contribution in [2.24, 2.45) is 11.7 Å². The highest BCUT2D eigenvalue weighted by Crippen LogP contribution is 2.06. The van der Waals surface area contributed by atoms with E-state index in [1.54, 1.807) is 7.11 Å². The number of ether oxygens (including phenoxy) is 4. The molecule has 0 aromatic heterocycles. The van der Waals surface area contributed by atoms with Crippen LogP contribution in [0, 0.1) is 5.92 Å². The standard InChI is InChI=1S/C13H27NO5/c1-4-11(2)12(14)13(15)19-10-9-18-8-7-17-6-5-16-3/h11-12H,4-10,14H2,1-3H3/t11?,12-/m0/s1. The molecule has 0 spiro atoms. The minimum absolute atomic E-state index is 0.127. The maximum atomic E-state index is 11.5. The van der Waals surface area contributed by atoms with Gasteiger partial charge >= 0.3 is 5.97 Å². The maximum Gasteiger partial charge on any atom is 0.323 e. The van der Waals surface area contributed by atoms with E-state index in [0.717, 1.165) is 6.42 Å². The van der Waals surface area contributed by atoms with Crippen molar-refractivity contribution in [3.8, 4) is 0 Å². The second-order valence-electron chi connectivity index (χ2n) is 4.30. The number of nitrogens with two attached hydrogens (primary N) is 1. The van der Waals surface area contributed by atoms with Gasteiger partial charge in [-0.1, -0.05) is 20.3 Å². The highest BCUT2D eigenvalue weighted by Gasteiger charge is 2.20. The molecule has 0 aromatic carbocycles. The van der Waals surface area contributed by atoms with Crippen molar-refractivity contribution in [3.05, 3.63) is 0 Å². The monoisotopic (exact) mass is 277 g/mol. The number of carbonyl (C=O) groups is 1. The minimum Gasteiger partial charge on any atom is -0.462 e. The topological polar surface area (TPSA) is 80.0 Å². The quantitative estimate of drug-likeness (QED) is 0.415. The maximum absolute atomic E-state index is 11.5. The number of hydrogen-bond donors (Lipinski definition) is 1. The smallest absolute Gasteiger partial charge is 0.323 e. The Morgan fingerprint density at radius 1 is 1.05 bits per heavy atom. The Bertz CT molecular complexity index is 225. The first-order valence-electron chi connectivity index (χ1n) is 6.70. The van der Waals surface area contributed by atoms with Gasteiger partial charge in [0.25, 0.3) is 0 Å². The summed E-state index contributed by atoms with van der Waals surface area (Å²) in [5, 5.41) is 0. The summed E-state index contributed by atoms with van der Waals surface area (Å²) in [7, 11) is 1.62. The zero-order valence-electron chi connectivity index (χ0n) is 12.2. The van der Waals surface area contributed by atoms with Gasteiger partial charge in [-0.25, -0.2) is 0 Å². The molecule has 0 aliphatic carbocycles. The fourth-order valence-electron chi connectivity index (χ4n) is 1.25. The second-order valence-corrected chi connectivity index (χ2v) is 4.30. The third-order valence-electron chi connectivity index (χ3n) is 2.80. The molecule has 0 fully saturated rings. The average Bonchev–Trinajstić information content (AvgIpc) is 2.43. The van der Waals surface area contributed by atoms with E-state index in [4.69, 9.17) is 24.7 Å². The molecule has 0 aliphatic heterocycles. The van der Waals surface area contributed by atoms with Crippen LogP contribution in [0.2, 0.25) is 0 Å². The largest absolute Gasteiger partial charge is 0.462 e. The Morgan fingerprint density at radius 2 is 1.58 bits per heavy atom. The second kappa shape index (κ2) is 12.3. The Hall–Kier alpha value is -0.690. The fraction of sp³-hybridized carbons (Fsp3) is 0.923. The van der Waals surface area contributed by atoms with Crippen LogP contribution in [0.4, 0.5) is 0 Å². The van der Waals surface area contributed by atoms with Crippen molar-refractivity contribution in [2.45, 2.75) is 26.3 Å². The highest BCUT2D eigenvalue weighted by atomic mass is 16.6. The summed E-state index contributed by atoms with van der Waals surface area (Å²) in [5.41, 5.74) is 5.73. The zero-order chi connectivity index (χ0) is 14.5. The Balaban J connectivity index is 3.36. The van der Waals surface area contributed by atoms with E-state index in [1.807, 2.05) is 13.8 Å². The minimum atomic E-state index is -0.553. The molecule has 0 saturated carbocycles. The van der Waals surface area contributed by atoms with Crippen LogP contribution in [0.5, 0.6) is 0 Å². The van der Waals surface area contributed by atoms with Crippen LogP contribution in [0.1, 0.15) is 20.3 Å². The Labute approximate surface area is 115 Å². The van der Waals surface area contributed by atoms with E-state index in [-0.39, 0.29) is 18.5 Å². The molecule has 0 amide bonds. The number of rotatable bonds is 12. The van der Waals surface area contributed by atoms with Gasteiger partial charge in [0, 0.05) is 7.11 Å². The van der Waals surface area contributed by atoms with Crippen molar-refractivity contribution >= 4 is 5.97 Å². The Kier molecular flexibility index (Phi) is 11.9. The van der Waals surface area contributed by atoms with Crippen LogP contribution in [-0.2, 0) is 23.7 Å². The van der Waals surface area contributed by atoms with Gasteiger partial charge in [-0.3, -0.25) is 4.79 Å². The lowest BCUT2D eigenvalue weighted by molar-refractivity contribution is -0.148. The van der Waals surface area contributed by atoms with Gasteiger partial charge in [0.05, 0.1) is 33.0 Å². The lowest BCUT2D eigenvalue weighted by atomic mass is 10.0. The van der Waals surface area contributed by atoms with Crippen molar-refractivity contribution < 1.29 is 23.7 Å². The molecule has 6 nitrogen and oxygen atoms in total. The molecule has 19 heavy (non-hydrogen) atoms. The molecule has 0 rings (SSSR count). The first-order valence-corrected chi connectivity index (χ1v) is 6.70. The normalized spacial score (nSPS) is 14.1. The summed E-state index contributed by atoms with van der Waals surface area (Å²) in [6, 6.07) is -0.553. The van der Waals surface area contributed by atoms with Crippen LogP contribution in [0.25, 0.3) is 0 Å². The molecule has 0 aliphatic rings. The highest BCUT2D eigenvalue weighted by molar-refractivity contribution is 5.75. The van der Waals surface area contributed by atoms with E-state index in [2.05, 4.69) is 0 Å². The van der Waals surface area contributed by atoms with Gasteiger partial charge in [0.15, 0.2) is 0 Å². The van der Waals surface area contributed by atoms with Crippen LogP contribution in [0.15, 0.2) is 0 Å². The fourth-order valence-corrected chi connectivity index (χ4v) is 1.25. The van der Waals surface area contributed by atoms with E-state index in [0.29, 0.717) is 33.0 Å². The summed E-state index contributed by atoms with van der Waals surface area (Å²) in [4.78, 5) is 11.5. The molecule has 114 valence electrons. The van der Waals surface area contributed by atoms with Crippen molar-refractivity contribution in [3.63, 3.8) is 0 Å². The van der Waals surface area contributed by atoms with Crippen molar-refractivity contribution in [2.75, 3.05) is 46.8 Å². The molecule has 2 N–H and O–H groups in total. The molecule has 0 heterocycles. The lowest BCUT2D eigenvalue weighted by Gasteiger charge is -2.16. The first-order chi connectivity index (χ1) is 9.13. The molecule has 0 bridgehead atoms. The van der Waals surface area contributed by atoms with Crippen molar-refractivity contribution in [1.29, 1.82) is 0 Å². The van der Waals surface area contributed by atoms with Gasteiger partial charge in [-0.2, -0.15) is 0 Å². The van der Waals surface area contributed by atoms with E-state index in [1.165, 1.54) is 0 Å². The van der Waals surface area contributed by atoms with Crippen LogP contribution in [-0.4, -0.2) is 58.8 Å². The predicted octanol–water partition coefficient (Wildman–Crippen LogP) is 0.583. The SMILES string of the molecule is CCC(C)[C@H](N)C(=O)OCCOCCOCCOC. The third kappa shape index (κ3) is 9.84. The van der Waals surface area contributed by atoms with Gasteiger partial charge in [0.1, 0.15) is 12.6 Å². The van der Waals surface area contributed by atoms with Gasteiger partial charge in [-0.15, -0.1) is 0 Å². The molecular weight excluding hydrogens is 250 g/mol. The van der Waals surface area contributed by atoms with Crippen LogP contribution < -0.4 is 5.73 Å². The van der Waals surface area contributed by atoms with E-state index >= 15 is 0 Å². The van der Waals surface area contributed by atoms with Crippen LogP contribution >= 0.6 is 0 Å². The number of esters is 1. The number of methoxy groups -OCH3 is 1. The molecule has 0 aromatic rings. The zero-order valence-corrected chi connectivity index (χ0v) is 12.2. The third-order valence-corrected chi connectivity index (χ3v) is 2.80. The average molecular weight is 277 g/mol. The summed E-state index contributed by atoms with van der Waals surface area (Å²) >= 11 is 0. The molecule has 0 radical (unpaired) electrons.